The largest absolute Gasteiger partial charge is 0.622 e. The molecule has 0 N–H and O–H groups in total. The minimum absolute atomic E-state index is 0.471. The van der Waals surface area contributed by atoms with Gasteiger partial charge in [-0.3, -0.25) is 4.65 Å². The highest BCUT2D eigenvalue weighted by molar-refractivity contribution is 5.58. The van der Waals surface area contributed by atoms with Gasteiger partial charge in [0.05, 0.1) is 7.05 Å². The number of hydrogen-bond donors (Lipinski definition) is 0. The van der Waals surface area contributed by atoms with Gasteiger partial charge >= 0.3 is 0 Å². The molecular weight excluding hydrogens is 186 g/mol. The van der Waals surface area contributed by atoms with E-state index in [0.29, 0.717) is 0 Å². The second kappa shape index (κ2) is 3.85. The molecule has 15 heavy (non-hydrogen) atoms. The predicted octanol–water partition coefficient (Wildman–Crippen LogP) is 3.45. The molecule has 2 rings (SSSR count). The molecule has 0 aliphatic heterocycles. The first-order chi connectivity index (χ1) is 7.21. The summed E-state index contributed by atoms with van der Waals surface area (Å²) in [6, 6.07) is 18.7. The van der Waals surface area contributed by atoms with E-state index < -0.39 is 4.65 Å². The summed E-state index contributed by atoms with van der Waals surface area (Å²) in [5, 5.41) is 12.4. The Hall–Kier alpha value is -1.64. The number of nitrogens with zero attached hydrogens (tertiary/aromatic N) is 1. The van der Waals surface area contributed by atoms with Crippen LogP contribution in [-0.4, -0.2) is 7.05 Å². The standard InChI is InChI=1S/C13H13NO/c1-14(15,12-8-4-2-5-9-12)13-10-6-3-7-11-13/h2-11H,1H3. The van der Waals surface area contributed by atoms with Crippen LogP contribution in [0.3, 0.4) is 0 Å². The molecular formula is C13H13NO. The van der Waals surface area contributed by atoms with Crippen molar-refractivity contribution in [3.05, 3.63) is 65.9 Å². The molecule has 0 spiro atoms. The van der Waals surface area contributed by atoms with Crippen molar-refractivity contribution < 1.29 is 0 Å². The molecule has 0 aliphatic rings. The van der Waals surface area contributed by atoms with Crippen LogP contribution >= 0.6 is 0 Å². The normalized spacial score (nSPS) is 11.3. The fourth-order valence-electron chi connectivity index (χ4n) is 1.57. The monoisotopic (exact) mass is 199 g/mol. The zero-order valence-corrected chi connectivity index (χ0v) is 8.63. The summed E-state index contributed by atoms with van der Waals surface area (Å²) in [5.74, 6) is 0. The second-order valence-corrected chi connectivity index (χ2v) is 3.60. The van der Waals surface area contributed by atoms with Gasteiger partial charge in [0.2, 0.25) is 0 Å². The molecule has 0 aliphatic carbocycles. The van der Waals surface area contributed by atoms with E-state index >= 15 is 0 Å². The summed E-state index contributed by atoms with van der Waals surface area (Å²) in [6.07, 6.45) is 0. The third-order valence-corrected chi connectivity index (χ3v) is 2.50. The van der Waals surface area contributed by atoms with Gasteiger partial charge in [0, 0.05) is 0 Å². The van der Waals surface area contributed by atoms with Crippen molar-refractivity contribution in [3.8, 4) is 0 Å². The van der Waals surface area contributed by atoms with Gasteiger partial charge in [0.1, 0.15) is 11.4 Å². The molecule has 2 nitrogen and oxygen atoms in total. The first-order valence-corrected chi connectivity index (χ1v) is 4.90. The first-order valence-electron chi connectivity index (χ1n) is 4.90. The summed E-state index contributed by atoms with van der Waals surface area (Å²) in [5.41, 5.74) is 1.48. The SMILES string of the molecule is C[N+]([O-])(c1ccccc1)c1ccccc1. The summed E-state index contributed by atoms with van der Waals surface area (Å²) >= 11 is 0. The van der Waals surface area contributed by atoms with Crippen LogP contribution in [0, 0.1) is 5.21 Å². The topological polar surface area (TPSA) is 23.1 Å². The van der Waals surface area contributed by atoms with Crippen molar-refractivity contribution >= 4 is 11.4 Å². The number of rotatable bonds is 2. The maximum Gasteiger partial charge on any atom is 0.137 e. The zero-order valence-electron chi connectivity index (χ0n) is 8.63. The van der Waals surface area contributed by atoms with Gasteiger partial charge in [-0.15, -0.1) is 0 Å². The van der Waals surface area contributed by atoms with Crippen LogP contribution in [0.25, 0.3) is 0 Å². The van der Waals surface area contributed by atoms with Crippen LogP contribution in [0.1, 0.15) is 0 Å². The van der Waals surface area contributed by atoms with E-state index in [1.165, 1.54) is 0 Å². The van der Waals surface area contributed by atoms with E-state index in [4.69, 9.17) is 0 Å². The van der Waals surface area contributed by atoms with Crippen molar-refractivity contribution in [2.75, 3.05) is 7.05 Å². The second-order valence-electron chi connectivity index (χ2n) is 3.60. The molecule has 0 fully saturated rings. The minimum Gasteiger partial charge on any atom is -0.622 e. The fourth-order valence-corrected chi connectivity index (χ4v) is 1.57. The molecule has 0 radical (unpaired) electrons. The van der Waals surface area contributed by atoms with Crippen LogP contribution in [-0.2, 0) is 0 Å². The molecule has 0 amide bonds. The molecule has 0 saturated heterocycles. The number of quaternary nitrogens is 1. The molecule has 2 aromatic carbocycles. The third-order valence-electron chi connectivity index (χ3n) is 2.50. The van der Waals surface area contributed by atoms with Crippen LogP contribution in [0.15, 0.2) is 60.7 Å². The first kappa shape index (κ1) is 9.90. The molecule has 0 heterocycles. The lowest BCUT2D eigenvalue weighted by atomic mass is 10.2. The average Bonchev–Trinajstić information content (AvgIpc) is 2.31. The average molecular weight is 199 g/mol. The molecule has 0 bridgehead atoms. The summed E-state index contributed by atoms with van der Waals surface area (Å²) in [7, 11) is 1.64. The quantitative estimate of drug-likeness (QED) is 0.536. The zero-order chi connectivity index (χ0) is 10.7. The van der Waals surface area contributed by atoms with Crippen molar-refractivity contribution in [2.24, 2.45) is 0 Å². The Labute approximate surface area is 89.6 Å². The highest BCUT2D eigenvalue weighted by Gasteiger charge is 2.16. The van der Waals surface area contributed by atoms with E-state index in [-0.39, 0.29) is 0 Å². The molecule has 0 atom stereocenters. The smallest absolute Gasteiger partial charge is 0.137 e. The maximum absolute atomic E-state index is 12.4. The molecule has 0 saturated carbocycles. The third kappa shape index (κ3) is 1.91. The van der Waals surface area contributed by atoms with Gasteiger partial charge in [0.15, 0.2) is 0 Å². The predicted molar refractivity (Wildman–Crippen MR) is 63.6 cm³/mol. The van der Waals surface area contributed by atoms with Crippen molar-refractivity contribution in [2.45, 2.75) is 0 Å². The van der Waals surface area contributed by atoms with Gasteiger partial charge in [-0.1, -0.05) is 36.4 Å². The van der Waals surface area contributed by atoms with E-state index in [1.807, 2.05) is 60.7 Å². The van der Waals surface area contributed by atoms with Crippen molar-refractivity contribution in [1.29, 1.82) is 0 Å². The van der Waals surface area contributed by atoms with E-state index in [0.717, 1.165) is 11.4 Å². The van der Waals surface area contributed by atoms with E-state index in [2.05, 4.69) is 0 Å². The number of hydrogen-bond acceptors (Lipinski definition) is 1. The van der Waals surface area contributed by atoms with Crippen LogP contribution in [0.5, 0.6) is 0 Å². The molecule has 0 unspecified atom stereocenters. The van der Waals surface area contributed by atoms with Crippen LogP contribution < -0.4 is 4.65 Å². The summed E-state index contributed by atoms with van der Waals surface area (Å²) in [6.45, 7) is 0. The van der Waals surface area contributed by atoms with Gasteiger partial charge in [-0.05, 0) is 24.3 Å². The molecule has 0 aromatic heterocycles. The summed E-state index contributed by atoms with van der Waals surface area (Å²) < 4.78 is -0.471. The Balaban J connectivity index is 2.44. The molecule has 2 aromatic rings. The van der Waals surface area contributed by atoms with E-state index in [1.54, 1.807) is 7.05 Å². The van der Waals surface area contributed by atoms with Crippen LogP contribution in [0.2, 0.25) is 0 Å². The highest BCUT2D eigenvalue weighted by Crippen LogP contribution is 2.30. The number of para-hydroxylation sites is 2. The lowest BCUT2D eigenvalue weighted by molar-refractivity contribution is 0.616. The Morgan fingerprint density at radius 2 is 1.07 bits per heavy atom. The lowest BCUT2D eigenvalue weighted by Crippen LogP contribution is -2.31. The lowest BCUT2D eigenvalue weighted by Gasteiger charge is -2.37. The fraction of sp³-hybridized carbons (Fsp3) is 0.0769. The van der Waals surface area contributed by atoms with Gasteiger partial charge < -0.3 is 5.21 Å². The van der Waals surface area contributed by atoms with Gasteiger partial charge in [-0.25, -0.2) is 0 Å². The Morgan fingerprint density at radius 3 is 1.40 bits per heavy atom. The molecule has 76 valence electrons. The van der Waals surface area contributed by atoms with Crippen LogP contribution in [0.4, 0.5) is 11.4 Å². The number of hydroxylamine groups is 1. The minimum atomic E-state index is -0.471. The van der Waals surface area contributed by atoms with Gasteiger partial charge in [0.25, 0.3) is 0 Å². The van der Waals surface area contributed by atoms with Crippen molar-refractivity contribution in [1.82, 2.24) is 4.65 Å². The maximum atomic E-state index is 12.4. The van der Waals surface area contributed by atoms with E-state index in [9.17, 15) is 5.21 Å². The Bertz CT molecular complexity index is 381. The Morgan fingerprint density at radius 1 is 0.733 bits per heavy atom. The summed E-state index contributed by atoms with van der Waals surface area (Å²) in [4.78, 5) is 0. The van der Waals surface area contributed by atoms with Gasteiger partial charge in [-0.2, -0.15) is 0 Å². The van der Waals surface area contributed by atoms with Crippen molar-refractivity contribution in [3.63, 3.8) is 0 Å². The number of benzene rings is 2. The highest BCUT2D eigenvalue weighted by atomic mass is 16.5. The molecule has 2 heteroatoms. The Kier molecular flexibility index (Phi) is 2.54.